The summed E-state index contributed by atoms with van der Waals surface area (Å²) in [5.41, 5.74) is 7.57. The topological polar surface area (TPSA) is 71.7 Å². The van der Waals surface area contributed by atoms with Crippen LogP contribution in [-0.2, 0) is 4.74 Å². The molecule has 1 aliphatic heterocycles. The Bertz CT molecular complexity index is 456. The number of hydrogen-bond donors (Lipinski definition) is 1. The third-order valence-electron chi connectivity index (χ3n) is 3.15. The summed E-state index contributed by atoms with van der Waals surface area (Å²) in [7, 11) is 0. The fourth-order valence-corrected chi connectivity index (χ4v) is 2.12. The molecular formula is C13H20N4O2. The molecule has 0 saturated carbocycles. The molecule has 1 fully saturated rings. The van der Waals surface area contributed by atoms with E-state index in [0.29, 0.717) is 25.4 Å². The van der Waals surface area contributed by atoms with Crippen LogP contribution in [0.1, 0.15) is 12.6 Å². The number of piperazine rings is 1. The molecule has 0 radical (unpaired) electrons. The lowest BCUT2D eigenvalue weighted by molar-refractivity contribution is 0.105. The van der Waals surface area contributed by atoms with Gasteiger partial charge in [0.25, 0.3) is 0 Å². The second-order valence-electron chi connectivity index (χ2n) is 4.54. The zero-order valence-corrected chi connectivity index (χ0v) is 11.4. The minimum Gasteiger partial charge on any atom is -0.450 e. The van der Waals surface area contributed by atoms with Crippen LogP contribution in [0.25, 0.3) is 0 Å². The molecule has 0 bridgehead atoms. The number of rotatable bonds is 2. The summed E-state index contributed by atoms with van der Waals surface area (Å²) in [6.07, 6.45) is -0.243. The highest BCUT2D eigenvalue weighted by Gasteiger charge is 2.23. The summed E-state index contributed by atoms with van der Waals surface area (Å²) in [5.74, 6) is 0.809. The molecule has 1 aliphatic rings. The lowest BCUT2D eigenvalue weighted by Crippen LogP contribution is -2.49. The molecule has 2 N–H and O–H groups in total. The van der Waals surface area contributed by atoms with Crippen LogP contribution in [0.15, 0.2) is 12.1 Å². The van der Waals surface area contributed by atoms with Crippen molar-refractivity contribution in [2.45, 2.75) is 13.8 Å². The molecule has 6 heteroatoms. The molecule has 1 amide bonds. The minimum absolute atomic E-state index is 0.243. The lowest BCUT2D eigenvalue weighted by atomic mass is 10.2. The van der Waals surface area contributed by atoms with Crippen LogP contribution in [0, 0.1) is 6.92 Å². The number of nitrogen functional groups attached to an aromatic ring is 1. The molecule has 0 aliphatic carbocycles. The molecule has 6 nitrogen and oxygen atoms in total. The number of aryl methyl sites for hydroxylation is 1. The fraction of sp³-hybridized carbons (Fsp3) is 0.538. The number of carbonyl (C=O) groups is 1. The van der Waals surface area contributed by atoms with Crippen LogP contribution in [0.3, 0.4) is 0 Å². The number of amides is 1. The van der Waals surface area contributed by atoms with Crippen molar-refractivity contribution in [2.24, 2.45) is 0 Å². The van der Waals surface area contributed by atoms with Crippen molar-refractivity contribution < 1.29 is 9.53 Å². The van der Waals surface area contributed by atoms with Crippen molar-refractivity contribution in [3.05, 3.63) is 17.8 Å². The van der Waals surface area contributed by atoms with E-state index >= 15 is 0 Å². The van der Waals surface area contributed by atoms with Gasteiger partial charge in [0.1, 0.15) is 0 Å². The van der Waals surface area contributed by atoms with Gasteiger partial charge >= 0.3 is 6.09 Å². The maximum Gasteiger partial charge on any atom is 0.409 e. The fourth-order valence-electron chi connectivity index (χ4n) is 2.12. The maximum atomic E-state index is 11.6. The molecule has 1 aromatic rings. The smallest absolute Gasteiger partial charge is 0.409 e. The Morgan fingerprint density at radius 3 is 2.68 bits per heavy atom. The number of carbonyl (C=O) groups excluding carboxylic acids is 1. The average Bonchev–Trinajstić information content (AvgIpc) is 2.42. The second-order valence-corrected chi connectivity index (χ2v) is 4.54. The zero-order chi connectivity index (χ0) is 13.8. The molecule has 2 heterocycles. The number of aromatic nitrogens is 1. The first-order chi connectivity index (χ1) is 9.11. The molecule has 104 valence electrons. The van der Waals surface area contributed by atoms with Crippen LogP contribution in [0.2, 0.25) is 0 Å². The summed E-state index contributed by atoms with van der Waals surface area (Å²) in [6.45, 7) is 6.87. The van der Waals surface area contributed by atoms with E-state index in [1.54, 1.807) is 4.90 Å². The highest BCUT2D eigenvalue weighted by atomic mass is 16.6. The highest BCUT2D eigenvalue weighted by Crippen LogP contribution is 2.22. The summed E-state index contributed by atoms with van der Waals surface area (Å²) < 4.78 is 4.99. The Balaban J connectivity index is 2.00. The highest BCUT2D eigenvalue weighted by molar-refractivity contribution is 5.69. The quantitative estimate of drug-likeness (QED) is 0.870. The Kier molecular flexibility index (Phi) is 4.09. The third-order valence-corrected chi connectivity index (χ3v) is 3.15. The van der Waals surface area contributed by atoms with Crippen LogP contribution < -0.4 is 10.6 Å². The largest absolute Gasteiger partial charge is 0.450 e. The van der Waals surface area contributed by atoms with E-state index in [1.165, 1.54) is 0 Å². The van der Waals surface area contributed by atoms with E-state index in [4.69, 9.17) is 10.5 Å². The van der Waals surface area contributed by atoms with E-state index < -0.39 is 0 Å². The van der Waals surface area contributed by atoms with Gasteiger partial charge in [-0.25, -0.2) is 9.78 Å². The van der Waals surface area contributed by atoms with Crippen molar-refractivity contribution in [3.63, 3.8) is 0 Å². The zero-order valence-electron chi connectivity index (χ0n) is 11.4. The Labute approximate surface area is 113 Å². The van der Waals surface area contributed by atoms with Gasteiger partial charge in [-0.1, -0.05) is 0 Å². The summed E-state index contributed by atoms with van der Waals surface area (Å²) in [4.78, 5) is 19.9. The predicted octanol–water partition coefficient (Wildman–Crippen LogP) is 1.25. The normalized spacial score (nSPS) is 15.5. The Morgan fingerprint density at radius 2 is 2.05 bits per heavy atom. The van der Waals surface area contributed by atoms with Crippen LogP contribution in [0.4, 0.5) is 16.3 Å². The van der Waals surface area contributed by atoms with Crippen molar-refractivity contribution >= 4 is 17.6 Å². The van der Waals surface area contributed by atoms with E-state index in [-0.39, 0.29) is 6.09 Å². The molecule has 0 aromatic carbocycles. The minimum atomic E-state index is -0.243. The molecule has 1 saturated heterocycles. The molecule has 0 unspecified atom stereocenters. The van der Waals surface area contributed by atoms with Gasteiger partial charge in [-0.2, -0.15) is 0 Å². The van der Waals surface area contributed by atoms with Gasteiger partial charge in [-0.15, -0.1) is 0 Å². The standard InChI is InChI=1S/C13H20N4O2/c1-3-19-13(18)17-8-6-16(7-9-17)12-11(14)5-4-10(2)15-12/h4-5H,3,6-9,14H2,1-2H3. The summed E-state index contributed by atoms with van der Waals surface area (Å²) in [5, 5.41) is 0. The van der Waals surface area contributed by atoms with Crippen molar-refractivity contribution in [1.82, 2.24) is 9.88 Å². The van der Waals surface area contributed by atoms with Gasteiger partial charge in [0.05, 0.1) is 12.3 Å². The van der Waals surface area contributed by atoms with Crippen molar-refractivity contribution in [2.75, 3.05) is 43.4 Å². The van der Waals surface area contributed by atoms with Crippen LogP contribution in [0.5, 0.6) is 0 Å². The Morgan fingerprint density at radius 1 is 1.37 bits per heavy atom. The number of nitrogens with zero attached hydrogens (tertiary/aromatic N) is 3. The van der Waals surface area contributed by atoms with Gasteiger partial charge in [-0.05, 0) is 26.0 Å². The Hall–Kier alpha value is -1.98. The molecule has 2 rings (SSSR count). The van der Waals surface area contributed by atoms with Crippen LogP contribution in [-0.4, -0.2) is 48.8 Å². The second kappa shape index (κ2) is 5.77. The first-order valence-electron chi connectivity index (χ1n) is 6.51. The van der Waals surface area contributed by atoms with E-state index in [2.05, 4.69) is 9.88 Å². The van der Waals surface area contributed by atoms with E-state index in [0.717, 1.165) is 24.6 Å². The first kappa shape index (κ1) is 13.5. The summed E-state index contributed by atoms with van der Waals surface area (Å²) >= 11 is 0. The third kappa shape index (κ3) is 3.07. The van der Waals surface area contributed by atoms with E-state index in [9.17, 15) is 4.79 Å². The van der Waals surface area contributed by atoms with Gasteiger partial charge < -0.3 is 20.3 Å². The van der Waals surface area contributed by atoms with Gasteiger partial charge in [-0.3, -0.25) is 0 Å². The number of anilines is 2. The predicted molar refractivity (Wildman–Crippen MR) is 74.2 cm³/mol. The number of pyridine rings is 1. The number of ether oxygens (including phenoxy) is 1. The van der Waals surface area contributed by atoms with Gasteiger partial charge in [0.15, 0.2) is 5.82 Å². The SMILES string of the molecule is CCOC(=O)N1CCN(c2nc(C)ccc2N)CC1. The molecule has 19 heavy (non-hydrogen) atoms. The average molecular weight is 264 g/mol. The first-order valence-corrected chi connectivity index (χ1v) is 6.51. The van der Waals surface area contributed by atoms with Crippen molar-refractivity contribution in [3.8, 4) is 0 Å². The maximum absolute atomic E-state index is 11.6. The van der Waals surface area contributed by atoms with Crippen molar-refractivity contribution in [1.29, 1.82) is 0 Å². The molecular weight excluding hydrogens is 244 g/mol. The van der Waals surface area contributed by atoms with Gasteiger partial charge in [0, 0.05) is 31.9 Å². The van der Waals surface area contributed by atoms with Crippen LogP contribution >= 0.6 is 0 Å². The molecule has 1 aromatic heterocycles. The molecule has 0 atom stereocenters. The lowest BCUT2D eigenvalue weighted by Gasteiger charge is -2.35. The number of hydrogen-bond acceptors (Lipinski definition) is 5. The van der Waals surface area contributed by atoms with E-state index in [1.807, 2.05) is 26.0 Å². The van der Waals surface area contributed by atoms with Gasteiger partial charge in [0.2, 0.25) is 0 Å². The molecule has 0 spiro atoms. The number of nitrogens with two attached hydrogens (primary N) is 1. The monoisotopic (exact) mass is 264 g/mol. The summed E-state index contributed by atoms with van der Waals surface area (Å²) in [6, 6.07) is 3.77.